The van der Waals surface area contributed by atoms with Crippen molar-refractivity contribution < 1.29 is 24.4 Å². The van der Waals surface area contributed by atoms with Gasteiger partial charge in [-0.05, 0) is 17.7 Å². The highest BCUT2D eigenvalue weighted by Crippen LogP contribution is 2.37. The van der Waals surface area contributed by atoms with Crippen molar-refractivity contribution in [2.45, 2.75) is 6.61 Å². The van der Waals surface area contributed by atoms with Crippen molar-refractivity contribution in [3.8, 4) is 17.2 Å². The van der Waals surface area contributed by atoms with Gasteiger partial charge in [-0.3, -0.25) is 0 Å². The van der Waals surface area contributed by atoms with Crippen LogP contribution in [-0.2, 0) is 11.3 Å². The van der Waals surface area contributed by atoms with Crippen molar-refractivity contribution in [3.05, 3.63) is 17.7 Å². The van der Waals surface area contributed by atoms with Crippen LogP contribution in [-0.4, -0.2) is 37.6 Å². The normalized spacial score (nSPS) is 10.2. The molecule has 0 spiro atoms. The minimum atomic E-state index is -0.0316. The molecule has 5 nitrogen and oxygen atoms in total. The smallest absolute Gasteiger partial charge is 0.200 e. The molecule has 1 aromatic carbocycles. The molecule has 0 bridgehead atoms. The summed E-state index contributed by atoms with van der Waals surface area (Å²) in [6.07, 6.45) is 0. The lowest BCUT2D eigenvalue weighted by Gasteiger charge is -2.11. The SMILES string of the molecule is COc1cc(COCCO)cc(OC)c1O. The molecule has 0 amide bonds. The number of aliphatic hydroxyl groups is 1. The Labute approximate surface area is 94.2 Å². The Bertz CT molecular complexity index is 312. The molecule has 0 aliphatic carbocycles. The molecule has 0 aromatic heterocycles. The Kier molecular flexibility index (Phi) is 4.88. The minimum absolute atomic E-state index is 0.0215. The number of aliphatic hydroxyl groups excluding tert-OH is 1. The number of methoxy groups -OCH3 is 2. The quantitative estimate of drug-likeness (QED) is 0.708. The predicted molar refractivity (Wildman–Crippen MR) is 58.0 cm³/mol. The molecule has 0 radical (unpaired) electrons. The number of hydrogen-bond acceptors (Lipinski definition) is 5. The molecule has 90 valence electrons. The van der Waals surface area contributed by atoms with Gasteiger partial charge in [0.05, 0.1) is 34.0 Å². The summed E-state index contributed by atoms with van der Waals surface area (Å²) in [7, 11) is 2.93. The fourth-order valence-electron chi connectivity index (χ4n) is 1.29. The summed E-state index contributed by atoms with van der Waals surface area (Å²) in [5.41, 5.74) is 0.806. The first kappa shape index (κ1) is 12.6. The van der Waals surface area contributed by atoms with Crippen LogP contribution in [0.4, 0.5) is 0 Å². The maximum Gasteiger partial charge on any atom is 0.200 e. The first-order valence-corrected chi connectivity index (χ1v) is 4.85. The van der Waals surface area contributed by atoms with Gasteiger partial charge < -0.3 is 24.4 Å². The van der Waals surface area contributed by atoms with E-state index in [4.69, 9.17) is 19.3 Å². The van der Waals surface area contributed by atoms with Gasteiger partial charge >= 0.3 is 0 Å². The molecule has 0 atom stereocenters. The fraction of sp³-hybridized carbons (Fsp3) is 0.455. The van der Waals surface area contributed by atoms with Crippen molar-refractivity contribution in [2.75, 3.05) is 27.4 Å². The van der Waals surface area contributed by atoms with E-state index in [1.807, 2.05) is 0 Å². The summed E-state index contributed by atoms with van der Waals surface area (Å²) >= 11 is 0. The number of aromatic hydroxyl groups is 1. The summed E-state index contributed by atoms with van der Waals surface area (Å²) in [5, 5.41) is 18.2. The van der Waals surface area contributed by atoms with Gasteiger partial charge in [0.1, 0.15) is 0 Å². The number of rotatable bonds is 6. The molecular formula is C11H16O5. The molecule has 0 aliphatic rings. The topological polar surface area (TPSA) is 68.2 Å². The molecular weight excluding hydrogens is 212 g/mol. The Morgan fingerprint density at radius 1 is 1.12 bits per heavy atom. The number of benzene rings is 1. The Morgan fingerprint density at radius 2 is 1.69 bits per heavy atom. The minimum Gasteiger partial charge on any atom is -0.502 e. The van der Waals surface area contributed by atoms with Crippen LogP contribution in [0, 0.1) is 0 Å². The van der Waals surface area contributed by atoms with E-state index in [0.29, 0.717) is 18.1 Å². The average Bonchev–Trinajstić information content (AvgIpc) is 2.31. The molecule has 16 heavy (non-hydrogen) atoms. The third kappa shape index (κ3) is 3.01. The zero-order valence-electron chi connectivity index (χ0n) is 9.40. The van der Waals surface area contributed by atoms with Crippen LogP contribution < -0.4 is 9.47 Å². The van der Waals surface area contributed by atoms with Gasteiger partial charge in [-0.25, -0.2) is 0 Å². The highest BCUT2D eigenvalue weighted by molar-refractivity contribution is 5.52. The van der Waals surface area contributed by atoms with Gasteiger partial charge in [0.15, 0.2) is 11.5 Å². The predicted octanol–water partition coefficient (Wildman–Crippen LogP) is 0.918. The van der Waals surface area contributed by atoms with Crippen LogP contribution in [0.15, 0.2) is 12.1 Å². The molecule has 2 N–H and O–H groups in total. The standard InChI is InChI=1S/C11H16O5/c1-14-9-5-8(7-16-4-3-12)6-10(15-2)11(9)13/h5-6,12-13H,3-4,7H2,1-2H3. The molecule has 1 aromatic rings. The zero-order chi connectivity index (χ0) is 12.0. The third-order valence-corrected chi connectivity index (χ3v) is 2.04. The Balaban J connectivity index is 2.84. The Hall–Kier alpha value is -1.46. The molecule has 0 heterocycles. The number of ether oxygens (including phenoxy) is 3. The average molecular weight is 228 g/mol. The summed E-state index contributed by atoms with van der Waals surface area (Å²) in [6, 6.07) is 3.32. The molecule has 1 rings (SSSR count). The highest BCUT2D eigenvalue weighted by Gasteiger charge is 2.10. The lowest BCUT2D eigenvalue weighted by atomic mass is 10.2. The lowest BCUT2D eigenvalue weighted by Crippen LogP contribution is -2.00. The lowest BCUT2D eigenvalue weighted by molar-refractivity contribution is 0.0813. The fourth-order valence-corrected chi connectivity index (χ4v) is 1.29. The van der Waals surface area contributed by atoms with Gasteiger partial charge in [0.25, 0.3) is 0 Å². The second-order valence-corrected chi connectivity index (χ2v) is 3.13. The molecule has 0 fully saturated rings. The van der Waals surface area contributed by atoms with E-state index in [2.05, 4.69) is 0 Å². The van der Waals surface area contributed by atoms with Crippen LogP contribution in [0.1, 0.15) is 5.56 Å². The van der Waals surface area contributed by atoms with E-state index in [1.54, 1.807) is 12.1 Å². The van der Waals surface area contributed by atoms with Crippen LogP contribution >= 0.6 is 0 Å². The van der Waals surface area contributed by atoms with Gasteiger partial charge in [-0.2, -0.15) is 0 Å². The summed E-state index contributed by atoms with van der Waals surface area (Å²) in [4.78, 5) is 0. The van der Waals surface area contributed by atoms with Crippen LogP contribution in [0.2, 0.25) is 0 Å². The van der Waals surface area contributed by atoms with Crippen LogP contribution in [0.5, 0.6) is 17.2 Å². The van der Waals surface area contributed by atoms with Gasteiger partial charge in [0, 0.05) is 0 Å². The van der Waals surface area contributed by atoms with Crippen LogP contribution in [0.25, 0.3) is 0 Å². The third-order valence-electron chi connectivity index (χ3n) is 2.04. The van der Waals surface area contributed by atoms with E-state index >= 15 is 0 Å². The zero-order valence-corrected chi connectivity index (χ0v) is 9.40. The number of hydrogen-bond donors (Lipinski definition) is 2. The van der Waals surface area contributed by atoms with Crippen molar-refractivity contribution in [1.82, 2.24) is 0 Å². The van der Waals surface area contributed by atoms with Gasteiger partial charge in [-0.1, -0.05) is 0 Å². The molecule has 5 heteroatoms. The summed E-state index contributed by atoms with van der Waals surface area (Å²) in [5.74, 6) is 0.639. The molecule has 0 aliphatic heterocycles. The maximum atomic E-state index is 9.65. The molecule has 0 unspecified atom stereocenters. The first-order chi connectivity index (χ1) is 7.72. The largest absolute Gasteiger partial charge is 0.502 e. The number of phenolic OH excluding ortho intramolecular Hbond substituents is 1. The van der Waals surface area contributed by atoms with Gasteiger partial charge in [0.2, 0.25) is 5.75 Å². The van der Waals surface area contributed by atoms with Crippen molar-refractivity contribution in [3.63, 3.8) is 0 Å². The second kappa shape index (κ2) is 6.19. The van der Waals surface area contributed by atoms with E-state index in [0.717, 1.165) is 5.56 Å². The summed E-state index contributed by atoms with van der Waals surface area (Å²) in [6.45, 7) is 0.575. The van der Waals surface area contributed by atoms with E-state index in [9.17, 15) is 5.11 Å². The maximum absolute atomic E-state index is 9.65. The summed E-state index contributed by atoms with van der Waals surface area (Å²) < 4.78 is 15.2. The van der Waals surface area contributed by atoms with E-state index in [1.165, 1.54) is 14.2 Å². The second-order valence-electron chi connectivity index (χ2n) is 3.13. The van der Waals surface area contributed by atoms with Crippen LogP contribution in [0.3, 0.4) is 0 Å². The highest BCUT2D eigenvalue weighted by atomic mass is 16.5. The first-order valence-electron chi connectivity index (χ1n) is 4.85. The van der Waals surface area contributed by atoms with E-state index in [-0.39, 0.29) is 19.0 Å². The molecule has 0 saturated carbocycles. The monoisotopic (exact) mass is 228 g/mol. The van der Waals surface area contributed by atoms with Gasteiger partial charge in [-0.15, -0.1) is 0 Å². The van der Waals surface area contributed by atoms with Crippen molar-refractivity contribution in [2.24, 2.45) is 0 Å². The van der Waals surface area contributed by atoms with Crippen molar-refractivity contribution in [1.29, 1.82) is 0 Å². The van der Waals surface area contributed by atoms with Crippen molar-refractivity contribution >= 4 is 0 Å². The van der Waals surface area contributed by atoms with E-state index < -0.39 is 0 Å². The molecule has 0 saturated heterocycles. The number of phenols is 1. The Morgan fingerprint density at radius 3 is 2.12 bits per heavy atom.